The summed E-state index contributed by atoms with van der Waals surface area (Å²) in [6, 6.07) is 19.9. The highest BCUT2D eigenvalue weighted by molar-refractivity contribution is 6.28. The van der Waals surface area contributed by atoms with E-state index in [2.05, 4.69) is 44.5 Å². The molecule has 0 N–H and O–H groups in total. The van der Waals surface area contributed by atoms with Crippen molar-refractivity contribution in [3.8, 4) is 22.8 Å². The van der Waals surface area contributed by atoms with Gasteiger partial charge < -0.3 is 9.64 Å². The zero-order chi connectivity index (χ0) is 18.8. The second-order valence-corrected chi connectivity index (χ2v) is 6.79. The van der Waals surface area contributed by atoms with Crippen LogP contribution in [0.3, 0.4) is 0 Å². The van der Waals surface area contributed by atoms with E-state index in [4.69, 9.17) is 16.3 Å². The average molecular weight is 380 g/mol. The first-order valence-corrected chi connectivity index (χ1v) is 8.87. The van der Waals surface area contributed by atoms with Gasteiger partial charge >= 0.3 is 0 Å². The second-order valence-electron chi connectivity index (χ2n) is 6.45. The topological polar surface area (TPSA) is 55.5 Å². The molecule has 0 saturated carbocycles. The van der Waals surface area contributed by atoms with Crippen LogP contribution >= 0.6 is 11.6 Å². The number of aromatic nitrogens is 4. The van der Waals surface area contributed by atoms with Gasteiger partial charge in [-0.05, 0) is 49.0 Å². The number of ether oxygens (including phenoxy) is 1. The van der Waals surface area contributed by atoms with Crippen molar-refractivity contribution >= 4 is 17.2 Å². The van der Waals surface area contributed by atoms with Crippen LogP contribution < -0.4 is 4.74 Å². The van der Waals surface area contributed by atoms with E-state index in [1.165, 1.54) is 4.52 Å². The van der Waals surface area contributed by atoms with Gasteiger partial charge in [-0.3, -0.25) is 0 Å². The fourth-order valence-electron chi connectivity index (χ4n) is 2.88. The highest BCUT2D eigenvalue weighted by atomic mass is 35.5. The Labute approximate surface area is 162 Å². The van der Waals surface area contributed by atoms with Crippen LogP contribution in [0.4, 0.5) is 0 Å². The number of halogens is 1. The summed E-state index contributed by atoms with van der Waals surface area (Å²) in [5.74, 6) is 1.15. The lowest BCUT2D eigenvalue weighted by Crippen LogP contribution is -2.10. The molecule has 0 amide bonds. The molecule has 2 aromatic heterocycles. The summed E-state index contributed by atoms with van der Waals surface area (Å²) in [6.45, 7) is 0.815. The predicted molar refractivity (Wildman–Crippen MR) is 105 cm³/mol. The van der Waals surface area contributed by atoms with Gasteiger partial charge in [-0.25, -0.2) is 0 Å². The van der Waals surface area contributed by atoms with E-state index in [0.717, 1.165) is 29.0 Å². The van der Waals surface area contributed by atoms with Crippen molar-refractivity contribution in [2.24, 2.45) is 0 Å². The van der Waals surface area contributed by atoms with Gasteiger partial charge in [0.1, 0.15) is 5.75 Å². The first-order valence-electron chi connectivity index (χ1n) is 8.49. The van der Waals surface area contributed by atoms with Crippen molar-refractivity contribution in [1.82, 2.24) is 24.7 Å². The molecule has 4 rings (SSSR count). The molecule has 0 unspecified atom stereocenters. The molecule has 4 aromatic rings. The zero-order valence-electron chi connectivity index (χ0n) is 15.0. The lowest BCUT2D eigenvalue weighted by Gasteiger charge is -2.15. The number of fused-ring (bicyclic) bond motifs is 1. The Balaban J connectivity index is 1.76. The number of nitrogens with zero attached hydrogens (tertiary/aromatic N) is 5. The van der Waals surface area contributed by atoms with Crippen LogP contribution in [-0.4, -0.2) is 38.8 Å². The standard InChI is InChI=1S/C20H18ClN5O/c1-25(2)13-14-8-9-16(15-6-4-3-5-7-15)17(12-14)27-19-11-10-18-22-23-20(21)26(18)24-19/h3-12H,13H2,1-2H3. The van der Waals surface area contributed by atoms with Crippen molar-refractivity contribution in [2.45, 2.75) is 6.54 Å². The molecule has 0 radical (unpaired) electrons. The molecule has 6 nitrogen and oxygen atoms in total. The number of benzene rings is 2. The Morgan fingerprint density at radius 2 is 1.81 bits per heavy atom. The third-order valence-corrected chi connectivity index (χ3v) is 4.28. The van der Waals surface area contributed by atoms with E-state index in [1.807, 2.05) is 38.4 Å². The largest absolute Gasteiger partial charge is 0.437 e. The first kappa shape index (κ1) is 17.5. The molecule has 0 fully saturated rings. The van der Waals surface area contributed by atoms with Crippen molar-refractivity contribution in [3.63, 3.8) is 0 Å². The summed E-state index contributed by atoms with van der Waals surface area (Å²) >= 11 is 6.02. The van der Waals surface area contributed by atoms with E-state index in [-0.39, 0.29) is 5.28 Å². The van der Waals surface area contributed by atoms with Crippen molar-refractivity contribution in [3.05, 3.63) is 71.5 Å². The third kappa shape index (κ3) is 3.77. The number of hydrogen-bond acceptors (Lipinski definition) is 5. The Hall–Kier alpha value is -2.96. The summed E-state index contributed by atoms with van der Waals surface area (Å²) in [5, 5.41) is 12.3. The summed E-state index contributed by atoms with van der Waals surface area (Å²) in [7, 11) is 4.07. The van der Waals surface area contributed by atoms with Gasteiger partial charge in [0.2, 0.25) is 11.2 Å². The molecule has 0 spiro atoms. The SMILES string of the molecule is CN(C)Cc1ccc(-c2ccccc2)c(Oc2ccc3nnc(Cl)n3n2)c1. The highest BCUT2D eigenvalue weighted by Gasteiger charge is 2.12. The van der Waals surface area contributed by atoms with Crippen LogP contribution in [0.25, 0.3) is 16.8 Å². The molecule has 0 atom stereocenters. The zero-order valence-corrected chi connectivity index (χ0v) is 15.8. The molecule has 2 heterocycles. The van der Waals surface area contributed by atoms with Gasteiger partial charge in [-0.1, -0.05) is 42.5 Å². The second kappa shape index (κ2) is 7.34. The van der Waals surface area contributed by atoms with E-state index >= 15 is 0 Å². The number of hydrogen-bond donors (Lipinski definition) is 0. The maximum Gasteiger partial charge on any atom is 0.246 e. The molecule has 0 bridgehead atoms. The van der Waals surface area contributed by atoms with E-state index in [9.17, 15) is 0 Å². The maximum absolute atomic E-state index is 6.15. The molecule has 2 aromatic carbocycles. The van der Waals surface area contributed by atoms with Gasteiger partial charge in [0.25, 0.3) is 0 Å². The van der Waals surface area contributed by atoms with E-state index < -0.39 is 0 Å². The Kier molecular flexibility index (Phi) is 4.75. The molecule has 0 aliphatic heterocycles. The average Bonchev–Trinajstić information content (AvgIpc) is 3.03. The Morgan fingerprint density at radius 3 is 2.59 bits per heavy atom. The van der Waals surface area contributed by atoms with Crippen LogP contribution in [0.15, 0.2) is 60.7 Å². The Bertz CT molecular complexity index is 1080. The molecular formula is C20H18ClN5O. The van der Waals surface area contributed by atoms with Crippen molar-refractivity contribution in [2.75, 3.05) is 14.1 Å². The first-order chi connectivity index (χ1) is 13.1. The normalized spacial score (nSPS) is 11.3. The van der Waals surface area contributed by atoms with Gasteiger partial charge in [0, 0.05) is 18.2 Å². The van der Waals surface area contributed by atoms with Crippen LogP contribution in [-0.2, 0) is 6.54 Å². The summed E-state index contributed by atoms with van der Waals surface area (Å²) in [4.78, 5) is 2.11. The molecule has 0 aliphatic carbocycles. The van der Waals surface area contributed by atoms with Crippen LogP contribution in [0, 0.1) is 0 Å². The molecule has 27 heavy (non-hydrogen) atoms. The highest BCUT2D eigenvalue weighted by Crippen LogP contribution is 2.34. The molecule has 7 heteroatoms. The summed E-state index contributed by atoms with van der Waals surface area (Å²) < 4.78 is 7.60. The third-order valence-electron chi connectivity index (χ3n) is 4.04. The quantitative estimate of drug-likeness (QED) is 0.517. The maximum atomic E-state index is 6.15. The molecule has 0 aliphatic rings. The Morgan fingerprint density at radius 1 is 1.00 bits per heavy atom. The van der Waals surface area contributed by atoms with Gasteiger partial charge in [-0.2, -0.15) is 4.52 Å². The van der Waals surface area contributed by atoms with E-state index in [0.29, 0.717) is 11.5 Å². The van der Waals surface area contributed by atoms with Crippen molar-refractivity contribution in [1.29, 1.82) is 0 Å². The lowest BCUT2D eigenvalue weighted by molar-refractivity contribution is 0.400. The number of rotatable bonds is 5. The van der Waals surface area contributed by atoms with Crippen LogP contribution in [0.2, 0.25) is 5.28 Å². The van der Waals surface area contributed by atoms with Gasteiger partial charge in [-0.15, -0.1) is 15.3 Å². The summed E-state index contributed by atoms with van der Waals surface area (Å²) in [5.41, 5.74) is 3.79. The van der Waals surface area contributed by atoms with Crippen LogP contribution in [0.1, 0.15) is 5.56 Å². The van der Waals surface area contributed by atoms with Gasteiger partial charge in [0.05, 0.1) is 0 Å². The lowest BCUT2D eigenvalue weighted by atomic mass is 10.0. The molecule has 0 saturated heterocycles. The monoisotopic (exact) mass is 379 g/mol. The van der Waals surface area contributed by atoms with Crippen LogP contribution in [0.5, 0.6) is 11.6 Å². The molecular weight excluding hydrogens is 362 g/mol. The van der Waals surface area contributed by atoms with Crippen molar-refractivity contribution < 1.29 is 4.74 Å². The molecule has 136 valence electrons. The predicted octanol–water partition coefficient (Wildman–Crippen LogP) is 4.30. The minimum atomic E-state index is 0.195. The minimum Gasteiger partial charge on any atom is -0.437 e. The smallest absolute Gasteiger partial charge is 0.246 e. The van der Waals surface area contributed by atoms with E-state index in [1.54, 1.807) is 12.1 Å². The van der Waals surface area contributed by atoms with Gasteiger partial charge in [0.15, 0.2) is 5.65 Å². The fraction of sp³-hybridized carbons (Fsp3) is 0.150. The fourth-order valence-corrected chi connectivity index (χ4v) is 3.05. The minimum absolute atomic E-state index is 0.195. The summed E-state index contributed by atoms with van der Waals surface area (Å²) in [6.07, 6.45) is 0.